The van der Waals surface area contributed by atoms with Gasteiger partial charge < -0.3 is 14.2 Å². The lowest BCUT2D eigenvalue weighted by Crippen LogP contribution is -2.25. The van der Waals surface area contributed by atoms with E-state index in [0.717, 1.165) is 5.56 Å². The van der Waals surface area contributed by atoms with Gasteiger partial charge in [0.1, 0.15) is 23.8 Å². The quantitative estimate of drug-likeness (QED) is 0.507. The van der Waals surface area contributed by atoms with E-state index >= 15 is 0 Å². The van der Waals surface area contributed by atoms with Crippen molar-refractivity contribution in [2.75, 3.05) is 19.5 Å². The molecule has 0 aliphatic carbocycles. The Hall–Kier alpha value is -1.87. The second-order valence-corrected chi connectivity index (χ2v) is 7.73. The van der Waals surface area contributed by atoms with E-state index in [1.807, 2.05) is 44.4 Å². The summed E-state index contributed by atoms with van der Waals surface area (Å²) in [5.74, 6) is -0.154. The van der Waals surface area contributed by atoms with Crippen molar-refractivity contribution >= 4 is 34.4 Å². The lowest BCUT2D eigenvalue weighted by Gasteiger charge is -2.17. The van der Waals surface area contributed by atoms with Crippen molar-refractivity contribution < 1.29 is 14.2 Å². The molecule has 0 bridgehead atoms. The number of nitrogens with one attached hydrogen (secondary N) is 1. The molecule has 142 valence electrons. The first-order chi connectivity index (χ1) is 13.0. The van der Waals surface area contributed by atoms with Gasteiger partial charge in [-0.15, -0.1) is 0 Å². The smallest absolute Gasteiger partial charge is 0.229 e. The monoisotopic (exact) mass is 406 g/mol. The van der Waals surface area contributed by atoms with Gasteiger partial charge in [0.25, 0.3) is 0 Å². The minimum absolute atomic E-state index is 0.168. The van der Waals surface area contributed by atoms with Gasteiger partial charge in [-0.1, -0.05) is 41.6 Å². The van der Waals surface area contributed by atoms with Gasteiger partial charge in [-0.2, -0.15) is 10.1 Å². The highest BCUT2D eigenvalue weighted by Crippen LogP contribution is 2.36. The number of fused-ring (bicyclic) bond motifs is 1. The number of benzene rings is 1. The number of thioether (sulfide) groups is 1. The standard InChI is InChI=1S/C18H19ClN4O3S/c1-18(2)25-9-10(26-18)8-24-16-13-14(11-6-4-5-7-12(11)19)22-23-15(13)20-17(21-16)27-3/h4-7,10H,8-9H2,1-3H3,(H,20,21,22,23)/t10-/m1/s1. The number of hydrogen-bond acceptors (Lipinski definition) is 7. The van der Waals surface area contributed by atoms with Gasteiger partial charge in [0, 0.05) is 5.56 Å². The predicted molar refractivity (Wildman–Crippen MR) is 104 cm³/mol. The van der Waals surface area contributed by atoms with E-state index in [1.165, 1.54) is 11.8 Å². The average Bonchev–Trinajstić information content (AvgIpc) is 3.23. The first-order valence-electron chi connectivity index (χ1n) is 8.46. The van der Waals surface area contributed by atoms with Crippen LogP contribution in [-0.4, -0.2) is 51.5 Å². The van der Waals surface area contributed by atoms with Crippen LogP contribution < -0.4 is 4.74 Å². The molecule has 0 spiro atoms. The number of aromatic nitrogens is 4. The van der Waals surface area contributed by atoms with Crippen molar-refractivity contribution in [3.63, 3.8) is 0 Å². The van der Waals surface area contributed by atoms with Crippen LogP contribution in [0.25, 0.3) is 22.3 Å². The molecule has 1 atom stereocenters. The normalized spacial score (nSPS) is 18.9. The van der Waals surface area contributed by atoms with E-state index in [2.05, 4.69) is 20.2 Å². The van der Waals surface area contributed by atoms with Gasteiger partial charge >= 0.3 is 0 Å². The molecular formula is C18H19ClN4O3S. The number of rotatable bonds is 5. The highest BCUT2D eigenvalue weighted by Gasteiger charge is 2.33. The number of aromatic amines is 1. The van der Waals surface area contributed by atoms with Crippen LogP contribution in [0, 0.1) is 0 Å². The molecule has 4 rings (SSSR count). The zero-order chi connectivity index (χ0) is 19.0. The summed E-state index contributed by atoms with van der Waals surface area (Å²) in [4.78, 5) is 9.02. The molecule has 27 heavy (non-hydrogen) atoms. The number of hydrogen-bond donors (Lipinski definition) is 1. The van der Waals surface area contributed by atoms with E-state index in [1.54, 1.807) is 0 Å². The minimum atomic E-state index is -0.599. The highest BCUT2D eigenvalue weighted by atomic mass is 35.5. The van der Waals surface area contributed by atoms with Crippen molar-refractivity contribution in [1.82, 2.24) is 20.2 Å². The molecular weight excluding hydrogens is 388 g/mol. The van der Waals surface area contributed by atoms with E-state index in [-0.39, 0.29) is 6.10 Å². The molecule has 0 saturated carbocycles. The number of nitrogens with zero attached hydrogens (tertiary/aromatic N) is 3. The van der Waals surface area contributed by atoms with Crippen LogP contribution in [0.2, 0.25) is 5.02 Å². The fourth-order valence-electron chi connectivity index (χ4n) is 2.94. The summed E-state index contributed by atoms with van der Waals surface area (Å²) in [6, 6.07) is 7.51. The Bertz CT molecular complexity index is 978. The molecule has 1 aliphatic rings. The topological polar surface area (TPSA) is 82.1 Å². The zero-order valence-corrected chi connectivity index (χ0v) is 16.7. The second-order valence-electron chi connectivity index (χ2n) is 6.55. The Balaban J connectivity index is 1.72. The van der Waals surface area contributed by atoms with E-state index in [0.29, 0.717) is 46.0 Å². The molecule has 1 saturated heterocycles. The third-order valence-electron chi connectivity index (χ3n) is 4.15. The number of halogens is 1. The summed E-state index contributed by atoms with van der Waals surface area (Å²) >= 11 is 7.79. The maximum absolute atomic E-state index is 6.36. The molecule has 7 nitrogen and oxygen atoms in total. The van der Waals surface area contributed by atoms with Crippen LogP contribution in [0.15, 0.2) is 29.4 Å². The molecule has 1 aliphatic heterocycles. The van der Waals surface area contributed by atoms with Gasteiger partial charge in [-0.3, -0.25) is 5.10 Å². The van der Waals surface area contributed by atoms with Crippen LogP contribution in [-0.2, 0) is 9.47 Å². The number of ether oxygens (including phenoxy) is 3. The SMILES string of the molecule is CSc1nc(OC[C@@H]2COC(C)(C)O2)c2c(-c3ccccc3Cl)n[nH]c2n1. The highest BCUT2D eigenvalue weighted by molar-refractivity contribution is 7.98. The Morgan fingerprint density at radius 3 is 2.85 bits per heavy atom. The summed E-state index contributed by atoms with van der Waals surface area (Å²) in [6.07, 6.45) is 1.74. The summed E-state index contributed by atoms with van der Waals surface area (Å²) in [6.45, 7) is 4.55. The average molecular weight is 407 g/mol. The molecule has 0 radical (unpaired) electrons. The molecule has 2 aromatic heterocycles. The first kappa shape index (κ1) is 18.5. The Morgan fingerprint density at radius 2 is 2.15 bits per heavy atom. The molecule has 1 N–H and O–H groups in total. The maximum atomic E-state index is 6.36. The fourth-order valence-corrected chi connectivity index (χ4v) is 3.52. The zero-order valence-electron chi connectivity index (χ0n) is 15.2. The van der Waals surface area contributed by atoms with Gasteiger partial charge in [0.2, 0.25) is 5.88 Å². The van der Waals surface area contributed by atoms with Gasteiger partial charge in [-0.25, -0.2) is 4.98 Å². The second kappa shape index (κ2) is 7.27. The summed E-state index contributed by atoms with van der Waals surface area (Å²) < 4.78 is 17.4. The van der Waals surface area contributed by atoms with E-state index in [4.69, 9.17) is 25.8 Å². The maximum Gasteiger partial charge on any atom is 0.229 e. The third-order valence-corrected chi connectivity index (χ3v) is 5.03. The molecule has 3 aromatic rings. The van der Waals surface area contributed by atoms with Crippen LogP contribution in [0.4, 0.5) is 0 Å². The largest absolute Gasteiger partial charge is 0.474 e. The third kappa shape index (κ3) is 3.75. The fraction of sp³-hybridized carbons (Fsp3) is 0.389. The molecule has 0 amide bonds. The van der Waals surface area contributed by atoms with Crippen molar-refractivity contribution in [1.29, 1.82) is 0 Å². The Morgan fingerprint density at radius 1 is 1.33 bits per heavy atom. The molecule has 9 heteroatoms. The van der Waals surface area contributed by atoms with Crippen LogP contribution in [0.5, 0.6) is 5.88 Å². The van der Waals surface area contributed by atoms with Gasteiger partial charge in [0.15, 0.2) is 16.6 Å². The minimum Gasteiger partial charge on any atom is -0.474 e. The first-order valence-corrected chi connectivity index (χ1v) is 10.1. The summed E-state index contributed by atoms with van der Waals surface area (Å²) in [7, 11) is 0. The van der Waals surface area contributed by atoms with Crippen LogP contribution >= 0.6 is 23.4 Å². The van der Waals surface area contributed by atoms with Crippen molar-refractivity contribution in [2.24, 2.45) is 0 Å². The lowest BCUT2D eigenvalue weighted by atomic mass is 10.1. The summed E-state index contributed by atoms with van der Waals surface area (Å²) in [5.41, 5.74) is 2.04. The van der Waals surface area contributed by atoms with Crippen LogP contribution in [0.3, 0.4) is 0 Å². The van der Waals surface area contributed by atoms with Gasteiger partial charge in [0.05, 0.1) is 11.6 Å². The molecule has 1 fully saturated rings. The van der Waals surface area contributed by atoms with E-state index < -0.39 is 5.79 Å². The molecule has 3 heterocycles. The lowest BCUT2D eigenvalue weighted by molar-refractivity contribution is -0.141. The summed E-state index contributed by atoms with van der Waals surface area (Å²) in [5, 5.41) is 9.25. The van der Waals surface area contributed by atoms with Crippen molar-refractivity contribution in [3.8, 4) is 17.1 Å². The predicted octanol–water partition coefficient (Wildman–Crippen LogP) is 3.93. The molecule has 0 unspecified atom stereocenters. The van der Waals surface area contributed by atoms with Crippen molar-refractivity contribution in [3.05, 3.63) is 29.3 Å². The number of H-pyrrole nitrogens is 1. The van der Waals surface area contributed by atoms with Crippen molar-refractivity contribution in [2.45, 2.75) is 30.9 Å². The Kier molecular flexibility index (Phi) is 4.98. The molecule has 1 aromatic carbocycles. The van der Waals surface area contributed by atoms with Gasteiger partial charge in [-0.05, 0) is 26.2 Å². The Labute approximate surface area is 165 Å². The van der Waals surface area contributed by atoms with E-state index in [9.17, 15) is 0 Å². The van der Waals surface area contributed by atoms with Crippen LogP contribution in [0.1, 0.15) is 13.8 Å².